The number of nitrogens with two attached hydrogens (primary N) is 1. The number of halogens is 1. The van der Waals surface area contributed by atoms with Crippen LogP contribution in [0.1, 0.15) is 74.0 Å². The molecule has 0 fully saturated rings. The van der Waals surface area contributed by atoms with Crippen LogP contribution in [0.2, 0.25) is 5.02 Å². The van der Waals surface area contributed by atoms with Crippen LogP contribution in [0.5, 0.6) is 11.5 Å². The molecule has 0 aliphatic carbocycles. The highest BCUT2D eigenvalue weighted by Gasteiger charge is 2.36. The number of phenolic OH excluding ortho intramolecular Hbond substituents is 2. The number of hydrogen-bond donors (Lipinski definition) is 7. The van der Waals surface area contributed by atoms with E-state index in [0.29, 0.717) is 42.0 Å². The van der Waals surface area contributed by atoms with E-state index in [2.05, 4.69) is 21.3 Å². The Balaban J connectivity index is 1.50. The Kier molecular flexibility index (Phi) is 15.1. The van der Waals surface area contributed by atoms with E-state index in [1.807, 2.05) is 12.1 Å². The van der Waals surface area contributed by atoms with E-state index in [-0.39, 0.29) is 46.8 Å². The molecular formula is C45H51ClN6O8. The minimum atomic E-state index is -1.42. The van der Waals surface area contributed by atoms with Gasteiger partial charge in [0.1, 0.15) is 35.7 Å². The van der Waals surface area contributed by atoms with Crippen molar-refractivity contribution in [3.8, 4) is 33.8 Å². The first-order valence-electron chi connectivity index (χ1n) is 19.8. The van der Waals surface area contributed by atoms with Crippen molar-refractivity contribution < 1.29 is 39.0 Å². The Hall–Kier alpha value is -6.25. The summed E-state index contributed by atoms with van der Waals surface area (Å²) in [6, 6.07) is 17.1. The van der Waals surface area contributed by atoms with E-state index in [4.69, 9.17) is 17.3 Å². The first kappa shape index (κ1) is 44.8. The van der Waals surface area contributed by atoms with E-state index in [1.165, 1.54) is 45.2 Å². The number of ketones is 1. The van der Waals surface area contributed by atoms with E-state index >= 15 is 0 Å². The van der Waals surface area contributed by atoms with Crippen molar-refractivity contribution in [3.05, 3.63) is 107 Å². The molecule has 1 aliphatic rings. The van der Waals surface area contributed by atoms with Crippen LogP contribution >= 0.6 is 11.6 Å². The molecule has 4 bridgehead atoms. The number of carbonyl (C=O) groups is 6. The van der Waals surface area contributed by atoms with Gasteiger partial charge in [0.15, 0.2) is 5.78 Å². The third-order valence-corrected chi connectivity index (χ3v) is 10.8. The number of aromatic hydroxyl groups is 2. The zero-order valence-electron chi connectivity index (χ0n) is 34.0. The number of phenols is 2. The highest BCUT2D eigenvalue weighted by molar-refractivity contribution is 6.30. The molecule has 0 aromatic heterocycles. The summed E-state index contributed by atoms with van der Waals surface area (Å²) in [5.74, 6) is -4.03. The summed E-state index contributed by atoms with van der Waals surface area (Å²) in [5, 5.41) is 33.6. The van der Waals surface area contributed by atoms with Crippen molar-refractivity contribution in [2.75, 3.05) is 13.6 Å². The average molecular weight is 839 g/mol. The highest BCUT2D eigenvalue weighted by atomic mass is 35.5. The molecule has 0 saturated heterocycles. The molecule has 5 atom stereocenters. The van der Waals surface area contributed by atoms with Gasteiger partial charge in [-0.3, -0.25) is 28.8 Å². The zero-order valence-corrected chi connectivity index (χ0v) is 34.7. The second-order valence-corrected chi connectivity index (χ2v) is 15.4. The van der Waals surface area contributed by atoms with Gasteiger partial charge in [0.2, 0.25) is 23.6 Å². The molecule has 5 rings (SSSR count). The van der Waals surface area contributed by atoms with Crippen LogP contribution in [0.15, 0.2) is 84.9 Å². The van der Waals surface area contributed by atoms with Crippen LogP contribution in [0.3, 0.4) is 0 Å². The van der Waals surface area contributed by atoms with Gasteiger partial charge in [-0.15, -0.1) is 0 Å². The number of hydrogen-bond acceptors (Lipinski definition) is 9. The average Bonchev–Trinajstić information content (AvgIpc) is 3.23. The summed E-state index contributed by atoms with van der Waals surface area (Å²) in [5.41, 5.74) is 8.82. The number of carbonyl (C=O) groups excluding carboxylic acids is 6. The minimum absolute atomic E-state index is 0.0655. The first-order chi connectivity index (χ1) is 28.6. The molecule has 14 nitrogen and oxygen atoms in total. The van der Waals surface area contributed by atoms with E-state index in [0.717, 1.165) is 16.0 Å². The van der Waals surface area contributed by atoms with Crippen molar-refractivity contribution in [1.29, 1.82) is 0 Å². The number of nitrogens with zero attached hydrogens (tertiary/aromatic N) is 1. The smallest absolute Gasteiger partial charge is 0.251 e. The second kappa shape index (κ2) is 20.1. The van der Waals surface area contributed by atoms with Crippen LogP contribution in [-0.2, 0) is 30.4 Å². The summed E-state index contributed by atoms with van der Waals surface area (Å²) in [7, 11) is 1.40. The Morgan fingerprint density at radius 2 is 1.45 bits per heavy atom. The van der Waals surface area contributed by atoms with Crippen molar-refractivity contribution >= 4 is 46.9 Å². The molecule has 1 heterocycles. The predicted octanol–water partition coefficient (Wildman–Crippen LogP) is 4.54. The van der Waals surface area contributed by atoms with Gasteiger partial charge in [0.25, 0.3) is 5.91 Å². The van der Waals surface area contributed by atoms with Gasteiger partial charge >= 0.3 is 0 Å². The van der Waals surface area contributed by atoms with Crippen molar-refractivity contribution in [1.82, 2.24) is 26.2 Å². The lowest BCUT2D eigenvalue weighted by Crippen LogP contribution is -2.57. The van der Waals surface area contributed by atoms with Crippen LogP contribution in [0.4, 0.5) is 0 Å². The number of likely N-dealkylation sites (N-methyl/N-ethyl adjacent to an activating group) is 1. The normalized spacial score (nSPS) is 17.5. The Bertz CT molecular complexity index is 2230. The van der Waals surface area contributed by atoms with Gasteiger partial charge in [0.05, 0.1) is 6.04 Å². The Morgan fingerprint density at radius 1 is 0.833 bits per heavy atom. The van der Waals surface area contributed by atoms with Crippen LogP contribution in [-0.4, -0.2) is 88.2 Å². The molecule has 5 amide bonds. The van der Waals surface area contributed by atoms with Crippen molar-refractivity contribution in [2.45, 2.75) is 83.1 Å². The number of nitrogens with one attached hydrogen (secondary N) is 4. The zero-order chi connectivity index (χ0) is 43.7. The molecule has 4 aromatic rings. The van der Waals surface area contributed by atoms with Gasteiger partial charge < -0.3 is 42.1 Å². The number of unbranched alkanes of at least 4 members (excludes halogenated alkanes) is 1. The number of fused-ring (bicyclic) bond motifs is 5. The van der Waals surface area contributed by atoms with Crippen LogP contribution in [0, 0.1) is 0 Å². The van der Waals surface area contributed by atoms with Gasteiger partial charge in [-0.25, -0.2) is 0 Å². The van der Waals surface area contributed by atoms with Gasteiger partial charge in [-0.2, -0.15) is 0 Å². The first-order valence-corrected chi connectivity index (χ1v) is 20.2. The molecular weight excluding hydrogens is 788 g/mol. The molecule has 60 heavy (non-hydrogen) atoms. The number of benzene rings is 4. The van der Waals surface area contributed by atoms with Crippen LogP contribution < -0.4 is 27.0 Å². The molecule has 0 radical (unpaired) electrons. The monoisotopic (exact) mass is 838 g/mol. The molecule has 15 heteroatoms. The summed E-state index contributed by atoms with van der Waals surface area (Å²) in [6.07, 6.45) is 1.48. The maximum absolute atomic E-state index is 14.5. The van der Waals surface area contributed by atoms with Gasteiger partial charge in [-0.05, 0) is 117 Å². The molecule has 8 N–H and O–H groups in total. The lowest BCUT2D eigenvalue weighted by Gasteiger charge is -2.32. The number of amides is 5. The number of rotatable bonds is 13. The fourth-order valence-electron chi connectivity index (χ4n) is 7.10. The van der Waals surface area contributed by atoms with Gasteiger partial charge in [0, 0.05) is 35.2 Å². The quantitative estimate of drug-likeness (QED) is 0.0939. The van der Waals surface area contributed by atoms with Gasteiger partial charge in [-0.1, -0.05) is 54.9 Å². The summed E-state index contributed by atoms with van der Waals surface area (Å²) in [6.45, 7) is 4.86. The minimum Gasteiger partial charge on any atom is -0.507 e. The molecule has 1 aliphatic heterocycles. The summed E-state index contributed by atoms with van der Waals surface area (Å²) in [4.78, 5) is 83.2. The maximum atomic E-state index is 14.5. The number of Topliss-reactive ketones (excluding diaryl/α,β-unsaturated/α-hetero) is 1. The van der Waals surface area contributed by atoms with Crippen molar-refractivity contribution in [3.63, 3.8) is 0 Å². The predicted molar refractivity (Wildman–Crippen MR) is 228 cm³/mol. The molecule has 5 unspecified atom stereocenters. The third-order valence-electron chi connectivity index (χ3n) is 10.6. The van der Waals surface area contributed by atoms with E-state index in [1.54, 1.807) is 55.5 Å². The third kappa shape index (κ3) is 10.9. The SMILES string of the molecule is CCC(NC(=O)C1Cc2ccc(O)c(c2)-c2cc(ccc2O)C(N(C)C(=O)C(CCCCN)NC(=O)c2ccc(-c3ccc(Cl)cc3)cc2)C(=O)NC(C)C(=O)N1)C(C)=O. The lowest BCUT2D eigenvalue weighted by molar-refractivity contribution is -0.141. The Labute approximate surface area is 353 Å². The second-order valence-electron chi connectivity index (χ2n) is 15.0. The largest absolute Gasteiger partial charge is 0.507 e. The van der Waals surface area contributed by atoms with Crippen LogP contribution in [0.25, 0.3) is 22.3 Å². The van der Waals surface area contributed by atoms with Crippen molar-refractivity contribution in [2.24, 2.45) is 5.73 Å². The topological polar surface area (TPSA) is 220 Å². The molecule has 0 saturated carbocycles. The summed E-state index contributed by atoms with van der Waals surface area (Å²) < 4.78 is 0. The summed E-state index contributed by atoms with van der Waals surface area (Å²) >= 11 is 6.04. The maximum Gasteiger partial charge on any atom is 0.251 e. The molecule has 0 spiro atoms. The fourth-order valence-corrected chi connectivity index (χ4v) is 7.23. The Morgan fingerprint density at radius 3 is 2.07 bits per heavy atom. The lowest BCUT2D eigenvalue weighted by atomic mass is 9.93. The highest BCUT2D eigenvalue weighted by Crippen LogP contribution is 2.39. The van der Waals surface area contributed by atoms with E-state index in [9.17, 15) is 39.0 Å². The fraction of sp³-hybridized carbons (Fsp3) is 0.333. The van der Waals surface area contributed by atoms with E-state index < -0.39 is 59.7 Å². The molecule has 316 valence electrons. The molecule has 4 aromatic carbocycles. The standard InChI is InChI=1S/C45H51ClN6O8/c1-5-35(26(3)53)49-43(58)37-23-27-9-19-38(54)33(22-27)34-24-31(16-20-39(34)55)40(44(59)48-25(2)41(56)51-37)52(4)45(60)36(8-6-7-21-47)50-42(57)30-12-10-28(11-13-30)29-14-17-32(46)18-15-29/h9-20,22,24-25,35-37,40,54-55H,5-8,21,23,47H2,1-4H3,(H,48,59)(H,49,58)(H,50,57)(H,51,56).